The molecule has 0 amide bonds. The summed E-state index contributed by atoms with van der Waals surface area (Å²) in [6, 6.07) is 11.2. The van der Waals surface area contributed by atoms with Gasteiger partial charge in [-0.3, -0.25) is 0 Å². The molecule has 0 aliphatic carbocycles. The highest BCUT2D eigenvalue weighted by Gasteiger charge is 2.20. The Bertz CT molecular complexity index is 681. The summed E-state index contributed by atoms with van der Waals surface area (Å²) < 4.78 is 5.48. The second-order valence-electron chi connectivity index (χ2n) is 5.36. The lowest BCUT2D eigenvalue weighted by molar-refractivity contribution is -0.388. The fourth-order valence-corrected chi connectivity index (χ4v) is 2.28. The van der Waals surface area contributed by atoms with Crippen molar-refractivity contribution < 1.29 is 14.8 Å². The molecule has 128 valence electrons. The summed E-state index contributed by atoms with van der Waals surface area (Å²) in [7, 11) is 1.69. The lowest BCUT2D eigenvalue weighted by atomic mass is 10.2. The third-order valence-electron chi connectivity index (χ3n) is 3.44. The van der Waals surface area contributed by atoms with Crippen LogP contribution in [-0.4, -0.2) is 41.3 Å². The van der Waals surface area contributed by atoms with Crippen LogP contribution in [0.4, 0.5) is 17.2 Å². The molecule has 0 bridgehead atoms. The summed E-state index contributed by atoms with van der Waals surface area (Å²) >= 11 is 0. The van der Waals surface area contributed by atoms with Gasteiger partial charge in [0, 0.05) is 19.7 Å². The first-order valence-corrected chi connectivity index (χ1v) is 7.38. The van der Waals surface area contributed by atoms with Crippen molar-refractivity contribution in [1.29, 1.82) is 0 Å². The maximum Gasteiger partial charge on any atom is 0.388 e. The Kier molecular flexibility index (Phi) is 6.05. The molecular formula is C16H20N4O4. The van der Waals surface area contributed by atoms with Gasteiger partial charge in [-0.25, -0.2) is 0 Å². The minimum absolute atomic E-state index is 0.0256. The van der Waals surface area contributed by atoms with Crippen molar-refractivity contribution >= 4 is 17.2 Å². The van der Waals surface area contributed by atoms with Gasteiger partial charge in [-0.2, -0.15) is 0 Å². The van der Waals surface area contributed by atoms with Gasteiger partial charge in [0.2, 0.25) is 0 Å². The molecule has 2 rings (SSSR count). The van der Waals surface area contributed by atoms with Crippen molar-refractivity contribution in [3.05, 3.63) is 58.3 Å². The second-order valence-corrected chi connectivity index (χ2v) is 5.36. The first-order valence-electron chi connectivity index (χ1n) is 7.38. The van der Waals surface area contributed by atoms with E-state index in [9.17, 15) is 15.2 Å². The van der Waals surface area contributed by atoms with E-state index >= 15 is 0 Å². The van der Waals surface area contributed by atoms with Crippen LogP contribution in [0.2, 0.25) is 0 Å². The third-order valence-corrected chi connectivity index (χ3v) is 3.44. The van der Waals surface area contributed by atoms with Crippen molar-refractivity contribution in [2.45, 2.75) is 12.7 Å². The standard InChI is InChI=1S/C16H20N4O4/c1-19(14-7-8-18-16(15(14)17)20(22)23)9-13(21)11-24-10-12-5-3-2-4-6-12/h2-8,13,21H,9-11,17H2,1H3/t13-/m1/s1. The van der Waals surface area contributed by atoms with Gasteiger partial charge in [0.25, 0.3) is 0 Å². The van der Waals surface area contributed by atoms with Gasteiger partial charge < -0.3 is 30.6 Å². The number of aliphatic hydroxyl groups excluding tert-OH is 1. The summed E-state index contributed by atoms with van der Waals surface area (Å²) in [5, 5.41) is 20.9. The fraction of sp³-hybridized carbons (Fsp3) is 0.312. The molecule has 0 aliphatic rings. The second kappa shape index (κ2) is 8.23. The van der Waals surface area contributed by atoms with E-state index in [0.29, 0.717) is 12.3 Å². The number of hydrogen-bond donors (Lipinski definition) is 2. The van der Waals surface area contributed by atoms with E-state index in [1.807, 2.05) is 30.3 Å². The summed E-state index contributed by atoms with van der Waals surface area (Å²) in [4.78, 5) is 15.5. The molecule has 1 heterocycles. The SMILES string of the molecule is CN(C[C@@H](O)COCc1ccccc1)c1ccnc([N+](=O)[O-])c1N. The summed E-state index contributed by atoms with van der Waals surface area (Å²) in [6.07, 6.45) is 0.559. The van der Waals surface area contributed by atoms with Crippen LogP contribution >= 0.6 is 0 Å². The normalized spacial score (nSPS) is 11.9. The summed E-state index contributed by atoms with van der Waals surface area (Å²) in [5.41, 5.74) is 7.22. The largest absolute Gasteiger partial charge is 0.390 e. The Morgan fingerprint density at radius 3 is 2.75 bits per heavy atom. The monoisotopic (exact) mass is 332 g/mol. The average Bonchev–Trinajstić information content (AvgIpc) is 2.55. The number of benzene rings is 1. The Balaban J connectivity index is 1.88. The van der Waals surface area contributed by atoms with Gasteiger partial charge in [-0.05, 0) is 15.5 Å². The number of ether oxygens (including phenoxy) is 1. The maximum atomic E-state index is 10.9. The molecule has 24 heavy (non-hydrogen) atoms. The Morgan fingerprint density at radius 2 is 2.08 bits per heavy atom. The van der Waals surface area contributed by atoms with Crippen molar-refractivity contribution in [2.24, 2.45) is 0 Å². The van der Waals surface area contributed by atoms with Gasteiger partial charge in [-0.15, -0.1) is 0 Å². The van der Waals surface area contributed by atoms with Crippen molar-refractivity contribution in [3.63, 3.8) is 0 Å². The van der Waals surface area contributed by atoms with Crippen molar-refractivity contribution in [3.8, 4) is 0 Å². The van der Waals surface area contributed by atoms with Gasteiger partial charge in [0.05, 0.1) is 25.0 Å². The average molecular weight is 332 g/mol. The molecule has 1 aromatic heterocycles. The molecule has 0 saturated carbocycles. The van der Waals surface area contributed by atoms with E-state index < -0.39 is 16.8 Å². The minimum Gasteiger partial charge on any atom is -0.390 e. The van der Waals surface area contributed by atoms with E-state index in [2.05, 4.69) is 4.98 Å². The zero-order valence-electron chi connectivity index (χ0n) is 13.3. The quantitative estimate of drug-likeness (QED) is 0.557. The molecule has 0 spiro atoms. The Labute approximate surface area is 139 Å². The molecule has 0 radical (unpaired) electrons. The summed E-state index contributed by atoms with van der Waals surface area (Å²) in [6.45, 7) is 0.775. The van der Waals surface area contributed by atoms with E-state index in [1.165, 1.54) is 6.20 Å². The van der Waals surface area contributed by atoms with Crippen LogP contribution in [0.15, 0.2) is 42.6 Å². The van der Waals surface area contributed by atoms with Crippen LogP contribution in [0, 0.1) is 10.1 Å². The molecular weight excluding hydrogens is 312 g/mol. The Hall–Kier alpha value is -2.71. The first-order chi connectivity index (χ1) is 11.5. The Morgan fingerprint density at radius 1 is 1.38 bits per heavy atom. The number of pyridine rings is 1. The zero-order chi connectivity index (χ0) is 17.5. The molecule has 0 unspecified atom stereocenters. The van der Waals surface area contributed by atoms with Gasteiger partial charge in [0.15, 0.2) is 5.69 Å². The van der Waals surface area contributed by atoms with Crippen LogP contribution in [0.5, 0.6) is 0 Å². The molecule has 0 aliphatic heterocycles. The van der Waals surface area contributed by atoms with Crippen molar-refractivity contribution in [2.75, 3.05) is 30.8 Å². The molecule has 0 fully saturated rings. The number of likely N-dealkylation sites (N-methyl/N-ethyl adjacent to an activating group) is 1. The molecule has 8 heteroatoms. The number of nitrogens with two attached hydrogens (primary N) is 1. The van der Waals surface area contributed by atoms with Gasteiger partial charge in [-0.1, -0.05) is 30.3 Å². The highest BCUT2D eigenvalue weighted by Crippen LogP contribution is 2.29. The number of aromatic nitrogens is 1. The van der Waals surface area contributed by atoms with E-state index in [-0.39, 0.29) is 18.8 Å². The highest BCUT2D eigenvalue weighted by molar-refractivity contribution is 5.74. The van der Waals surface area contributed by atoms with Gasteiger partial charge >= 0.3 is 5.82 Å². The van der Waals surface area contributed by atoms with Crippen molar-refractivity contribution in [1.82, 2.24) is 4.98 Å². The van der Waals surface area contributed by atoms with Gasteiger partial charge in [0.1, 0.15) is 6.20 Å². The lowest BCUT2D eigenvalue weighted by Gasteiger charge is -2.23. The number of rotatable bonds is 8. The van der Waals surface area contributed by atoms with Crippen LogP contribution in [0.25, 0.3) is 0 Å². The predicted molar refractivity (Wildman–Crippen MR) is 90.7 cm³/mol. The lowest BCUT2D eigenvalue weighted by Crippen LogP contribution is -2.32. The number of anilines is 2. The molecule has 3 N–H and O–H groups in total. The van der Waals surface area contributed by atoms with E-state index in [4.69, 9.17) is 10.5 Å². The number of aliphatic hydroxyl groups is 1. The number of nitro groups is 1. The van der Waals surface area contributed by atoms with Crippen LogP contribution in [-0.2, 0) is 11.3 Å². The van der Waals surface area contributed by atoms with Crippen LogP contribution in [0.1, 0.15) is 5.56 Å². The van der Waals surface area contributed by atoms with E-state index in [0.717, 1.165) is 5.56 Å². The van der Waals surface area contributed by atoms with E-state index in [1.54, 1.807) is 18.0 Å². The highest BCUT2D eigenvalue weighted by atomic mass is 16.6. The van der Waals surface area contributed by atoms with Crippen LogP contribution < -0.4 is 10.6 Å². The minimum atomic E-state index is -0.759. The smallest absolute Gasteiger partial charge is 0.388 e. The predicted octanol–water partition coefficient (Wildman–Crippen LogP) is 1.59. The number of hydrogen-bond acceptors (Lipinski definition) is 7. The number of nitrogens with zero attached hydrogens (tertiary/aromatic N) is 3. The first kappa shape index (κ1) is 17.6. The molecule has 2 aromatic rings. The number of nitrogen functional groups attached to an aromatic ring is 1. The molecule has 8 nitrogen and oxygen atoms in total. The third kappa shape index (κ3) is 4.64. The molecule has 1 aromatic carbocycles. The topological polar surface area (TPSA) is 115 Å². The molecule has 1 atom stereocenters. The molecule has 0 saturated heterocycles. The summed E-state index contributed by atoms with van der Waals surface area (Å²) in [5.74, 6) is -0.394. The zero-order valence-corrected chi connectivity index (χ0v) is 13.3. The fourth-order valence-electron chi connectivity index (χ4n) is 2.28. The maximum absolute atomic E-state index is 10.9. The van der Waals surface area contributed by atoms with Crippen LogP contribution in [0.3, 0.4) is 0 Å².